The number of hydrogen-bond donors (Lipinski definition) is 0. The molecule has 0 N–H and O–H groups in total. The lowest BCUT2D eigenvalue weighted by molar-refractivity contribution is -0.141. The lowest BCUT2D eigenvalue weighted by Gasteiger charge is -2.27. The van der Waals surface area contributed by atoms with Crippen LogP contribution in [0.4, 0.5) is 4.39 Å². The van der Waals surface area contributed by atoms with Crippen molar-refractivity contribution in [2.75, 3.05) is 0 Å². The molecule has 0 saturated heterocycles. The van der Waals surface area contributed by atoms with Crippen LogP contribution in [0, 0.1) is 24.1 Å². The summed E-state index contributed by atoms with van der Waals surface area (Å²) in [7, 11) is 0. The molecule has 0 saturated carbocycles. The molecule has 4 aromatic rings. The van der Waals surface area contributed by atoms with E-state index in [-0.39, 0.29) is 17.7 Å². The van der Waals surface area contributed by atoms with Gasteiger partial charge < -0.3 is 0 Å². The zero-order valence-corrected chi connectivity index (χ0v) is 20.9. The van der Waals surface area contributed by atoms with Crippen LogP contribution in [-0.4, -0.2) is 26.5 Å². The predicted octanol–water partition coefficient (Wildman–Crippen LogP) is 5.78. The molecule has 0 fully saturated rings. The SMILES string of the molecule is CC1=C(C#N)C(=O)N(Cc2ccc(F)cc2)C(=O)/C1=C/c1cn(-c2ccccc2)nc1-c1ccc(C)cc1. The molecule has 7 heteroatoms. The molecule has 6 nitrogen and oxygen atoms in total. The smallest absolute Gasteiger partial charge is 0.269 e. The first kappa shape index (κ1) is 24.6. The Morgan fingerprint density at radius 3 is 2.26 bits per heavy atom. The second-order valence-electron chi connectivity index (χ2n) is 9.07. The number of halogens is 1. The van der Waals surface area contributed by atoms with Crippen molar-refractivity contribution in [1.29, 1.82) is 5.26 Å². The molecule has 0 aliphatic carbocycles. The second kappa shape index (κ2) is 10.1. The average molecular weight is 503 g/mol. The zero-order chi connectivity index (χ0) is 26.8. The standard InChI is InChI=1S/C31H23FN4O2/c1-20-8-12-23(13-9-20)29-24(19-36(34-29)26-6-4-3-5-7-26)16-27-21(2)28(17-33)31(38)35(30(27)37)18-22-10-14-25(32)15-11-22/h3-16,19H,18H2,1-2H3/b27-16+. The average Bonchev–Trinajstić information content (AvgIpc) is 3.35. The van der Waals surface area contributed by atoms with Gasteiger partial charge in [0, 0.05) is 22.9 Å². The molecule has 0 spiro atoms. The molecule has 0 atom stereocenters. The first-order valence-corrected chi connectivity index (χ1v) is 12.0. The van der Waals surface area contributed by atoms with Gasteiger partial charge in [0.2, 0.25) is 0 Å². The van der Waals surface area contributed by atoms with Gasteiger partial charge in [-0.2, -0.15) is 10.4 Å². The predicted molar refractivity (Wildman–Crippen MR) is 142 cm³/mol. The molecule has 3 aromatic carbocycles. The fourth-order valence-electron chi connectivity index (χ4n) is 4.34. The molecule has 2 heterocycles. The van der Waals surface area contributed by atoms with E-state index in [1.807, 2.05) is 73.8 Å². The summed E-state index contributed by atoms with van der Waals surface area (Å²) in [5.74, 6) is -1.62. The van der Waals surface area contributed by atoms with Crippen molar-refractivity contribution >= 4 is 17.9 Å². The number of imide groups is 1. The van der Waals surface area contributed by atoms with Crippen LogP contribution in [0.1, 0.15) is 23.6 Å². The van der Waals surface area contributed by atoms with Crippen LogP contribution in [-0.2, 0) is 16.1 Å². The van der Waals surface area contributed by atoms with Gasteiger partial charge in [-0.05, 0) is 55.3 Å². The summed E-state index contributed by atoms with van der Waals surface area (Å²) in [5.41, 5.74) is 5.12. The van der Waals surface area contributed by atoms with Gasteiger partial charge in [-0.1, -0.05) is 60.2 Å². The first-order valence-electron chi connectivity index (χ1n) is 12.0. The number of aryl methyl sites for hydroxylation is 1. The van der Waals surface area contributed by atoms with Gasteiger partial charge >= 0.3 is 0 Å². The van der Waals surface area contributed by atoms with Gasteiger partial charge in [0.25, 0.3) is 11.8 Å². The van der Waals surface area contributed by atoms with Crippen LogP contribution in [0.15, 0.2) is 102 Å². The van der Waals surface area contributed by atoms with Gasteiger partial charge in [0.1, 0.15) is 17.5 Å². The molecule has 38 heavy (non-hydrogen) atoms. The topological polar surface area (TPSA) is 79.0 Å². The maximum Gasteiger partial charge on any atom is 0.271 e. The van der Waals surface area contributed by atoms with Gasteiger partial charge in [-0.25, -0.2) is 9.07 Å². The third-order valence-corrected chi connectivity index (χ3v) is 6.47. The van der Waals surface area contributed by atoms with E-state index >= 15 is 0 Å². The quantitative estimate of drug-likeness (QED) is 0.256. The normalized spacial score (nSPS) is 14.8. The van der Waals surface area contributed by atoms with Crippen LogP contribution in [0.3, 0.4) is 0 Å². The monoisotopic (exact) mass is 502 g/mol. The van der Waals surface area contributed by atoms with E-state index in [0.29, 0.717) is 22.4 Å². The molecular formula is C31H23FN4O2. The Balaban J connectivity index is 1.64. The summed E-state index contributed by atoms with van der Waals surface area (Å²) in [6.07, 6.45) is 3.51. The molecule has 186 valence electrons. The molecule has 5 rings (SSSR count). The second-order valence-corrected chi connectivity index (χ2v) is 9.07. The number of hydrogen-bond acceptors (Lipinski definition) is 4. The maximum atomic E-state index is 13.6. The number of para-hydroxylation sites is 1. The van der Waals surface area contributed by atoms with Crippen molar-refractivity contribution in [3.05, 3.63) is 124 Å². The van der Waals surface area contributed by atoms with E-state index in [2.05, 4.69) is 0 Å². The number of benzene rings is 3. The number of nitriles is 1. The number of amides is 2. The molecule has 0 unspecified atom stereocenters. The van der Waals surface area contributed by atoms with Crippen LogP contribution in [0.25, 0.3) is 23.0 Å². The Kier molecular flexibility index (Phi) is 6.55. The first-order chi connectivity index (χ1) is 18.4. The summed E-state index contributed by atoms with van der Waals surface area (Å²) in [4.78, 5) is 27.7. The summed E-state index contributed by atoms with van der Waals surface area (Å²) in [6, 6.07) is 25.0. The van der Waals surface area contributed by atoms with Gasteiger partial charge in [-0.3, -0.25) is 14.5 Å². The Hall–Kier alpha value is -5.09. The molecule has 1 aromatic heterocycles. The van der Waals surface area contributed by atoms with E-state index in [0.717, 1.165) is 21.7 Å². The number of aromatic nitrogens is 2. The van der Waals surface area contributed by atoms with Gasteiger partial charge in [0.15, 0.2) is 0 Å². The Morgan fingerprint density at radius 2 is 1.61 bits per heavy atom. The van der Waals surface area contributed by atoms with Crippen molar-refractivity contribution < 1.29 is 14.0 Å². The minimum Gasteiger partial charge on any atom is -0.269 e. The molecule has 1 aliphatic rings. The minimum atomic E-state index is -0.671. The summed E-state index contributed by atoms with van der Waals surface area (Å²) in [5, 5.41) is 14.6. The Labute approximate surface area is 219 Å². The number of carbonyl (C=O) groups is 2. The van der Waals surface area contributed by atoms with E-state index in [1.54, 1.807) is 17.7 Å². The van der Waals surface area contributed by atoms with E-state index < -0.39 is 17.6 Å². The van der Waals surface area contributed by atoms with Crippen LogP contribution < -0.4 is 0 Å². The molecular weight excluding hydrogens is 479 g/mol. The molecule has 0 radical (unpaired) electrons. The van der Waals surface area contributed by atoms with Crippen molar-refractivity contribution in [1.82, 2.24) is 14.7 Å². The van der Waals surface area contributed by atoms with E-state index in [9.17, 15) is 19.2 Å². The third kappa shape index (κ3) is 4.67. The number of carbonyl (C=O) groups excluding carboxylic acids is 2. The Morgan fingerprint density at radius 1 is 0.921 bits per heavy atom. The van der Waals surface area contributed by atoms with Gasteiger partial charge in [0.05, 0.1) is 17.9 Å². The highest BCUT2D eigenvalue weighted by atomic mass is 19.1. The lowest BCUT2D eigenvalue weighted by atomic mass is 9.93. The van der Waals surface area contributed by atoms with Crippen molar-refractivity contribution in [2.24, 2.45) is 0 Å². The maximum absolute atomic E-state index is 13.6. The van der Waals surface area contributed by atoms with Crippen LogP contribution in [0.5, 0.6) is 0 Å². The highest BCUT2D eigenvalue weighted by molar-refractivity contribution is 6.19. The van der Waals surface area contributed by atoms with Crippen LogP contribution >= 0.6 is 0 Å². The zero-order valence-electron chi connectivity index (χ0n) is 20.9. The highest BCUT2D eigenvalue weighted by Gasteiger charge is 2.35. The summed E-state index contributed by atoms with van der Waals surface area (Å²) >= 11 is 0. The van der Waals surface area contributed by atoms with E-state index in [4.69, 9.17) is 5.10 Å². The lowest BCUT2D eigenvalue weighted by Crippen LogP contribution is -2.42. The molecule has 2 amide bonds. The van der Waals surface area contributed by atoms with Crippen molar-refractivity contribution in [2.45, 2.75) is 20.4 Å². The Bertz CT molecular complexity index is 1640. The fourth-order valence-corrected chi connectivity index (χ4v) is 4.34. The molecule has 1 aliphatic heterocycles. The van der Waals surface area contributed by atoms with Crippen molar-refractivity contribution in [3.63, 3.8) is 0 Å². The fraction of sp³-hybridized carbons (Fsp3) is 0.0968. The summed E-state index contributed by atoms with van der Waals surface area (Å²) in [6.45, 7) is 3.52. The van der Waals surface area contributed by atoms with E-state index in [1.165, 1.54) is 24.3 Å². The van der Waals surface area contributed by atoms with Crippen molar-refractivity contribution in [3.8, 4) is 23.0 Å². The number of nitrogens with zero attached hydrogens (tertiary/aromatic N) is 4. The molecule has 0 bridgehead atoms. The summed E-state index contributed by atoms with van der Waals surface area (Å²) < 4.78 is 15.1. The van der Waals surface area contributed by atoms with Gasteiger partial charge in [-0.15, -0.1) is 0 Å². The van der Waals surface area contributed by atoms with Crippen LogP contribution in [0.2, 0.25) is 0 Å². The highest BCUT2D eigenvalue weighted by Crippen LogP contribution is 2.32. The largest absolute Gasteiger partial charge is 0.271 e. The minimum absolute atomic E-state index is 0.0815. The third-order valence-electron chi connectivity index (χ3n) is 6.47. The number of rotatable bonds is 5.